The Kier molecular flexibility index (Phi) is 9.67. The van der Waals surface area contributed by atoms with Gasteiger partial charge in [0.05, 0.1) is 29.8 Å². The molecule has 1 unspecified atom stereocenters. The second-order valence-electron chi connectivity index (χ2n) is 16.0. The van der Waals surface area contributed by atoms with Crippen LogP contribution in [0.2, 0.25) is 0 Å². The highest BCUT2D eigenvalue weighted by Crippen LogP contribution is 2.47. The lowest BCUT2D eigenvalue weighted by atomic mass is 9.68. The molecule has 2 amide bonds. The Balaban J connectivity index is 1.27. The summed E-state index contributed by atoms with van der Waals surface area (Å²) in [5.74, 6) is 0.219. The van der Waals surface area contributed by atoms with E-state index in [9.17, 15) is 13.8 Å². The first kappa shape index (κ1) is 35.2. The molecule has 6 atom stereocenters. The third-order valence-corrected chi connectivity index (χ3v) is 14.2. The summed E-state index contributed by atoms with van der Waals surface area (Å²) in [6, 6.07) is 12.3. The number of benzene rings is 2. The quantitative estimate of drug-likeness (QED) is 0.360. The third-order valence-electron chi connectivity index (χ3n) is 12.2. The van der Waals surface area contributed by atoms with Gasteiger partial charge in [-0.1, -0.05) is 42.8 Å². The summed E-state index contributed by atoms with van der Waals surface area (Å²) in [6.45, 7) is 8.25. The van der Waals surface area contributed by atoms with Crippen molar-refractivity contribution in [2.45, 2.75) is 89.3 Å². The molecular formula is C40H53N3O6S. The van der Waals surface area contributed by atoms with E-state index in [2.05, 4.69) is 51.3 Å². The van der Waals surface area contributed by atoms with Crippen molar-refractivity contribution in [3.8, 4) is 5.75 Å². The molecule has 2 bridgehead atoms. The summed E-state index contributed by atoms with van der Waals surface area (Å²) in [4.78, 5) is 29.8. The van der Waals surface area contributed by atoms with Gasteiger partial charge < -0.3 is 19.1 Å². The first-order valence-corrected chi connectivity index (χ1v) is 20.1. The summed E-state index contributed by atoms with van der Waals surface area (Å²) in [5, 5.41) is 0. The highest BCUT2D eigenvalue weighted by atomic mass is 32.2. The van der Waals surface area contributed by atoms with E-state index in [0.717, 1.165) is 56.6 Å². The number of hydrogen-bond acceptors (Lipinski definition) is 7. The zero-order chi connectivity index (χ0) is 35.3. The molecule has 2 aromatic rings. The van der Waals surface area contributed by atoms with E-state index < -0.39 is 15.8 Å². The first-order valence-electron chi connectivity index (χ1n) is 18.4. The molecule has 10 heteroatoms. The molecule has 270 valence electrons. The van der Waals surface area contributed by atoms with E-state index in [1.54, 1.807) is 20.3 Å². The number of rotatable bonds is 4. The van der Waals surface area contributed by atoms with Crippen LogP contribution in [0.15, 0.2) is 52.9 Å². The zero-order valence-corrected chi connectivity index (χ0v) is 31.1. The van der Waals surface area contributed by atoms with Gasteiger partial charge in [-0.15, -0.1) is 4.36 Å². The van der Waals surface area contributed by atoms with Crippen LogP contribution in [0.5, 0.6) is 5.75 Å². The van der Waals surface area contributed by atoms with Crippen LogP contribution in [0.1, 0.15) is 85.8 Å². The third kappa shape index (κ3) is 6.87. The molecular weight excluding hydrogens is 651 g/mol. The largest absolute Gasteiger partial charge is 0.490 e. The number of fused-ring (bicyclic) bond motifs is 4. The van der Waals surface area contributed by atoms with Crippen molar-refractivity contribution < 1.29 is 28.0 Å². The van der Waals surface area contributed by atoms with Crippen LogP contribution < -0.4 is 14.4 Å². The fraction of sp³-hybridized carbons (Fsp3) is 0.600. The normalized spacial score (nSPS) is 36.0. The Morgan fingerprint density at radius 1 is 1.14 bits per heavy atom. The number of nitrogens with one attached hydrogen (secondary N) is 1. The summed E-state index contributed by atoms with van der Waals surface area (Å²) < 4.78 is 39.9. The summed E-state index contributed by atoms with van der Waals surface area (Å²) in [6.07, 6.45) is 11.3. The van der Waals surface area contributed by atoms with Gasteiger partial charge in [0, 0.05) is 44.2 Å². The molecule has 1 spiro atoms. The molecule has 7 rings (SSSR count). The number of hydrogen-bond donors (Lipinski definition) is 1. The Morgan fingerprint density at radius 3 is 2.70 bits per heavy atom. The molecule has 2 aromatic carbocycles. The molecule has 2 saturated carbocycles. The van der Waals surface area contributed by atoms with Crippen molar-refractivity contribution >= 4 is 27.4 Å². The lowest BCUT2D eigenvalue weighted by Crippen LogP contribution is -2.50. The fourth-order valence-corrected chi connectivity index (χ4v) is 11.1. The molecule has 3 aliphatic carbocycles. The molecule has 0 saturated heterocycles. The van der Waals surface area contributed by atoms with Crippen LogP contribution in [0.4, 0.5) is 5.69 Å². The highest BCUT2D eigenvalue weighted by Gasteiger charge is 2.46. The molecule has 5 aliphatic rings. The number of allylic oxidation sites excluding steroid dienone is 1. The first-order chi connectivity index (χ1) is 23.9. The monoisotopic (exact) mass is 703 g/mol. The minimum absolute atomic E-state index is 0.0285. The van der Waals surface area contributed by atoms with Gasteiger partial charge in [0.25, 0.3) is 5.91 Å². The molecule has 50 heavy (non-hydrogen) atoms. The Morgan fingerprint density at radius 2 is 1.96 bits per heavy atom. The molecule has 2 fully saturated rings. The number of anilines is 1. The van der Waals surface area contributed by atoms with E-state index in [1.807, 2.05) is 26.0 Å². The predicted octanol–water partition coefficient (Wildman–Crippen LogP) is 6.56. The SMILES string of the molecule is CO[C@H]1/C=C/C[C@H](C)CS(=O)(NC(=O)C2CC(C)(OC)C2)=NC(=O)c2ccc3c(c2)N(C[C@@H]2CC[C@H]21)C[C@@]1(CCCc2cc(C)ccc21)CO3. The van der Waals surface area contributed by atoms with Gasteiger partial charge in [-0.3, -0.25) is 14.3 Å². The molecule has 9 nitrogen and oxygen atoms in total. The number of methoxy groups -OCH3 is 2. The maximum Gasteiger partial charge on any atom is 0.286 e. The Hall–Kier alpha value is -3.21. The van der Waals surface area contributed by atoms with Gasteiger partial charge in [-0.25, -0.2) is 4.21 Å². The van der Waals surface area contributed by atoms with Crippen molar-refractivity contribution in [3.05, 3.63) is 70.8 Å². The van der Waals surface area contributed by atoms with Gasteiger partial charge in [0.15, 0.2) is 0 Å². The number of nitrogens with zero attached hydrogens (tertiary/aromatic N) is 2. The van der Waals surface area contributed by atoms with Gasteiger partial charge >= 0.3 is 0 Å². The molecule has 0 aromatic heterocycles. The van der Waals surface area contributed by atoms with Crippen LogP contribution in [0.3, 0.4) is 0 Å². The van der Waals surface area contributed by atoms with Crippen LogP contribution in [-0.4, -0.2) is 67.4 Å². The molecule has 0 radical (unpaired) electrons. The van der Waals surface area contributed by atoms with Crippen LogP contribution >= 0.6 is 0 Å². The fourth-order valence-electron chi connectivity index (χ4n) is 9.10. The minimum Gasteiger partial charge on any atom is -0.490 e. The van der Waals surface area contributed by atoms with Crippen molar-refractivity contribution in [3.63, 3.8) is 0 Å². The van der Waals surface area contributed by atoms with Crippen molar-refractivity contribution in [1.29, 1.82) is 0 Å². The standard InChI is InChI=1S/C40H53N3O6S/c1-26-11-15-33-28(18-26)9-7-17-40(33)24-43-22-30-12-14-32(30)35(47-4)10-6-8-27(2)23-50(46,42-38(45)31-20-39(3,21-31)48-5)41-37(44)29-13-16-36(49-25-40)34(43)19-29/h6,10-11,13,15-16,18-19,27,30-32,35H,7-9,12,14,17,20-25H2,1-5H3,(H,41,42,44,45,46)/b10-6+/t27-,30-,31?,32+,35-,39?,40-,50?/m0/s1. The minimum atomic E-state index is -3.43. The molecule has 2 aliphatic heterocycles. The predicted molar refractivity (Wildman–Crippen MR) is 196 cm³/mol. The van der Waals surface area contributed by atoms with E-state index >= 15 is 0 Å². The summed E-state index contributed by atoms with van der Waals surface area (Å²) in [5.41, 5.74) is 4.68. The van der Waals surface area contributed by atoms with Gasteiger partial charge in [-0.05, 0) is 112 Å². The molecule has 2 heterocycles. The average molecular weight is 704 g/mol. The highest BCUT2D eigenvalue weighted by molar-refractivity contribution is 7.92. The van der Waals surface area contributed by atoms with E-state index in [0.29, 0.717) is 43.3 Å². The zero-order valence-electron chi connectivity index (χ0n) is 30.2. The topological polar surface area (TPSA) is 107 Å². The van der Waals surface area contributed by atoms with Crippen molar-refractivity contribution in [2.75, 3.05) is 44.6 Å². The summed E-state index contributed by atoms with van der Waals surface area (Å²) >= 11 is 0. The Bertz CT molecular complexity index is 1790. The molecule has 1 N–H and O–H groups in total. The van der Waals surface area contributed by atoms with Crippen LogP contribution in [0.25, 0.3) is 0 Å². The maximum absolute atomic E-state index is 14.5. The van der Waals surface area contributed by atoms with E-state index in [-0.39, 0.29) is 40.6 Å². The number of amides is 2. The van der Waals surface area contributed by atoms with Crippen LogP contribution in [-0.2, 0) is 36.0 Å². The second-order valence-corrected chi connectivity index (χ2v) is 18.0. The van der Waals surface area contributed by atoms with E-state index in [4.69, 9.17) is 14.2 Å². The number of carbonyl (C=O) groups excluding carboxylic acids is 2. The Labute approximate surface area is 297 Å². The average Bonchev–Trinajstić information content (AvgIpc) is 3.20. The van der Waals surface area contributed by atoms with Crippen molar-refractivity contribution in [2.24, 2.45) is 28.0 Å². The lowest BCUT2D eigenvalue weighted by Gasteiger charge is -2.46. The van der Waals surface area contributed by atoms with Gasteiger partial charge in [0.2, 0.25) is 5.91 Å². The summed E-state index contributed by atoms with van der Waals surface area (Å²) in [7, 11) is -0.0103. The number of aryl methyl sites for hydroxylation is 2. The van der Waals surface area contributed by atoms with E-state index in [1.165, 1.54) is 16.7 Å². The number of carbonyl (C=O) groups is 2. The number of ether oxygens (including phenoxy) is 3. The maximum atomic E-state index is 14.5. The smallest absolute Gasteiger partial charge is 0.286 e. The lowest BCUT2D eigenvalue weighted by molar-refractivity contribution is -0.141. The second kappa shape index (κ2) is 13.7. The van der Waals surface area contributed by atoms with Crippen LogP contribution in [0, 0.1) is 30.6 Å². The van der Waals surface area contributed by atoms with Crippen molar-refractivity contribution in [1.82, 2.24) is 4.72 Å². The van der Waals surface area contributed by atoms with Gasteiger partial charge in [-0.2, -0.15) is 0 Å². The van der Waals surface area contributed by atoms with Gasteiger partial charge in [0.1, 0.15) is 15.7 Å².